The first-order valence-electron chi connectivity index (χ1n) is 4.33. The third-order valence-electron chi connectivity index (χ3n) is 1.63. The second kappa shape index (κ2) is 5.21. The molecular formula is C10H11FO3. The summed E-state index contributed by atoms with van der Waals surface area (Å²) in [4.78, 5) is 13.8. The molecule has 0 amide bonds. The van der Waals surface area contributed by atoms with Crippen LogP contribution in [0.15, 0.2) is 24.3 Å². The molecule has 0 fully saturated rings. The fourth-order valence-electron chi connectivity index (χ4n) is 0.952. The van der Waals surface area contributed by atoms with Crippen LogP contribution in [0.1, 0.15) is 23.7 Å². The molecule has 0 aliphatic heterocycles. The van der Waals surface area contributed by atoms with Gasteiger partial charge in [0.25, 0.3) is 0 Å². The van der Waals surface area contributed by atoms with Crippen molar-refractivity contribution in [3.05, 3.63) is 29.8 Å². The Bertz CT molecular complexity index is 295. The van der Waals surface area contributed by atoms with Crippen LogP contribution >= 0.6 is 0 Å². The van der Waals surface area contributed by atoms with Crippen molar-refractivity contribution < 1.29 is 19.0 Å². The third-order valence-corrected chi connectivity index (χ3v) is 1.63. The van der Waals surface area contributed by atoms with Crippen molar-refractivity contribution in [2.75, 3.05) is 6.61 Å². The van der Waals surface area contributed by atoms with Gasteiger partial charge < -0.3 is 4.74 Å². The normalized spacial score (nSPS) is 9.57. The lowest BCUT2D eigenvalue weighted by Crippen LogP contribution is -1.99. The van der Waals surface area contributed by atoms with Gasteiger partial charge in [0.15, 0.2) is 0 Å². The maximum atomic E-state index is 11.5. The van der Waals surface area contributed by atoms with Crippen LogP contribution in [-0.4, -0.2) is 12.6 Å². The van der Waals surface area contributed by atoms with Gasteiger partial charge in [0.1, 0.15) is 5.75 Å². The van der Waals surface area contributed by atoms with E-state index in [-0.39, 0.29) is 5.56 Å². The first-order chi connectivity index (χ1) is 6.77. The molecule has 1 rings (SSSR count). The molecule has 0 radical (unpaired) electrons. The predicted molar refractivity (Wildman–Crippen MR) is 48.8 cm³/mol. The molecule has 0 heterocycles. The number of carbonyl (C=O) groups is 1. The number of hydrogen-bond donors (Lipinski definition) is 0. The first-order valence-corrected chi connectivity index (χ1v) is 4.33. The Morgan fingerprint density at radius 3 is 2.50 bits per heavy atom. The summed E-state index contributed by atoms with van der Waals surface area (Å²) >= 11 is 0. The van der Waals surface area contributed by atoms with E-state index in [1.807, 2.05) is 6.92 Å². The molecule has 0 saturated carbocycles. The van der Waals surface area contributed by atoms with Gasteiger partial charge in [-0.3, -0.25) is 0 Å². The SMILES string of the molecule is CCCOc1ccc(C(=O)OF)cc1. The van der Waals surface area contributed by atoms with Crippen molar-refractivity contribution in [2.45, 2.75) is 13.3 Å². The highest BCUT2D eigenvalue weighted by atomic mass is 19.3. The highest BCUT2D eigenvalue weighted by Crippen LogP contribution is 2.13. The van der Waals surface area contributed by atoms with Crippen molar-refractivity contribution in [3.8, 4) is 5.75 Å². The molecule has 0 unspecified atom stereocenters. The van der Waals surface area contributed by atoms with Crippen LogP contribution in [0, 0.1) is 0 Å². The molecule has 14 heavy (non-hydrogen) atoms. The average molecular weight is 198 g/mol. The van der Waals surface area contributed by atoms with E-state index in [9.17, 15) is 9.32 Å². The van der Waals surface area contributed by atoms with Gasteiger partial charge in [-0.2, -0.15) is 0 Å². The van der Waals surface area contributed by atoms with E-state index in [0.29, 0.717) is 12.4 Å². The summed E-state index contributed by atoms with van der Waals surface area (Å²) in [5, 5.41) is 0. The smallest absolute Gasteiger partial charge is 0.379 e. The Morgan fingerprint density at radius 2 is 2.00 bits per heavy atom. The van der Waals surface area contributed by atoms with Crippen LogP contribution in [0.25, 0.3) is 0 Å². The molecule has 76 valence electrons. The molecule has 0 aromatic heterocycles. The molecule has 0 aliphatic carbocycles. The van der Waals surface area contributed by atoms with Gasteiger partial charge in [-0.25, -0.2) is 9.74 Å². The fraction of sp³-hybridized carbons (Fsp3) is 0.300. The average Bonchev–Trinajstić information content (AvgIpc) is 2.26. The van der Waals surface area contributed by atoms with E-state index in [1.165, 1.54) is 12.1 Å². The Kier molecular flexibility index (Phi) is 3.91. The number of ether oxygens (including phenoxy) is 1. The van der Waals surface area contributed by atoms with Crippen LogP contribution in [0.2, 0.25) is 0 Å². The number of hydrogen-bond acceptors (Lipinski definition) is 3. The lowest BCUT2D eigenvalue weighted by atomic mass is 10.2. The van der Waals surface area contributed by atoms with Gasteiger partial charge in [0.05, 0.1) is 12.2 Å². The summed E-state index contributed by atoms with van der Waals surface area (Å²) in [5.41, 5.74) is 0.163. The summed E-state index contributed by atoms with van der Waals surface area (Å²) in [5.74, 6) is -0.339. The van der Waals surface area contributed by atoms with Gasteiger partial charge in [0, 0.05) is 4.53 Å². The van der Waals surface area contributed by atoms with E-state index in [1.54, 1.807) is 12.1 Å². The second-order valence-electron chi connectivity index (χ2n) is 2.74. The van der Waals surface area contributed by atoms with Crippen LogP contribution in [-0.2, 0) is 4.94 Å². The molecule has 0 spiro atoms. The van der Waals surface area contributed by atoms with Gasteiger partial charge in [-0.05, 0) is 30.7 Å². The lowest BCUT2D eigenvalue weighted by molar-refractivity contribution is -0.0788. The van der Waals surface area contributed by atoms with E-state index in [4.69, 9.17) is 4.74 Å². The molecular weight excluding hydrogens is 187 g/mol. The molecule has 1 aromatic rings. The van der Waals surface area contributed by atoms with Crippen molar-refractivity contribution in [2.24, 2.45) is 0 Å². The van der Waals surface area contributed by atoms with Gasteiger partial charge in [-0.15, -0.1) is 0 Å². The van der Waals surface area contributed by atoms with E-state index < -0.39 is 5.97 Å². The molecule has 0 atom stereocenters. The lowest BCUT2D eigenvalue weighted by Gasteiger charge is -2.03. The molecule has 0 bridgehead atoms. The zero-order chi connectivity index (χ0) is 10.4. The summed E-state index contributed by atoms with van der Waals surface area (Å²) in [6.45, 7) is 2.61. The van der Waals surface area contributed by atoms with E-state index in [0.717, 1.165) is 6.42 Å². The third kappa shape index (κ3) is 2.73. The summed E-state index contributed by atoms with van der Waals surface area (Å²) in [6.07, 6.45) is 0.911. The maximum absolute atomic E-state index is 11.5. The minimum Gasteiger partial charge on any atom is -0.494 e. The molecule has 3 nitrogen and oxygen atoms in total. The molecule has 1 aromatic carbocycles. The predicted octanol–water partition coefficient (Wildman–Crippen LogP) is 2.52. The van der Waals surface area contributed by atoms with Crippen molar-refractivity contribution in [1.29, 1.82) is 0 Å². The van der Waals surface area contributed by atoms with Crippen molar-refractivity contribution in [1.82, 2.24) is 0 Å². The second-order valence-corrected chi connectivity index (χ2v) is 2.74. The topological polar surface area (TPSA) is 35.5 Å². The first kappa shape index (κ1) is 10.5. The highest BCUT2D eigenvalue weighted by Gasteiger charge is 2.06. The summed E-state index contributed by atoms with van der Waals surface area (Å²) < 4.78 is 16.8. The zero-order valence-corrected chi connectivity index (χ0v) is 7.83. The minimum atomic E-state index is -0.993. The van der Waals surface area contributed by atoms with Crippen LogP contribution in [0.5, 0.6) is 5.75 Å². The Hall–Kier alpha value is -1.58. The fourth-order valence-corrected chi connectivity index (χ4v) is 0.952. The molecule has 0 aliphatic rings. The highest BCUT2D eigenvalue weighted by molar-refractivity contribution is 5.88. The Labute approximate surface area is 81.3 Å². The summed E-state index contributed by atoms with van der Waals surface area (Å²) in [7, 11) is 0. The molecule has 4 heteroatoms. The van der Waals surface area contributed by atoms with Crippen molar-refractivity contribution in [3.63, 3.8) is 0 Å². The van der Waals surface area contributed by atoms with Crippen LogP contribution in [0.3, 0.4) is 0 Å². The standard InChI is InChI=1S/C10H11FO3/c1-2-7-13-9-5-3-8(4-6-9)10(12)14-11/h3-6H,2,7H2,1H3. The zero-order valence-electron chi connectivity index (χ0n) is 7.83. The molecule has 0 saturated heterocycles. The largest absolute Gasteiger partial charge is 0.494 e. The van der Waals surface area contributed by atoms with Gasteiger partial charge in [0.2, 0.25) is 0 Å². The van der Waals surface area contributed by atoms with Crippen LogP contribution < -0.4 is 4.74 Å². The molecule has 0 N–H and O–H groups in total. The quantitative estimate of drug-likeness (QED) is 0.745. The number of halogens is 1. The van der Waals surface area contributed by atoms with E-state index >= 15 is 0 Å². The van der Waals surface area contributed by atoms with E-state index in [2.05, 4.69) is 4.94 Å². The van der Waals surface area contributed by atoms with Gasteiger partial charge >= 0.3 is 5.97 Å². The Morgan fingerprint density at radius 1 is 1.36 bits per heavy atom. The number of benzene rings is 1. The maximum Gasteiger partial charge on any atom is 0.379 e. The van der Waals surface area contributed by atoms with Crippen molar-refractivity contribution >= 4 is 5.97 Å². The van der Waals surface area contributed by atoms with Gasteiger partial charge in [-0.1, -0.05) is 6.92 Å². The monoisotopic (exact) mass is 198 g/mol. The van der Waals surface area contributed by atoms with Crippen LogP contribution in [0.4, 0.5) is 4.53 Å². The Balaban J connectivity index is 2.63. The summed E-state index contributed by atoms with van der Waals surface area (Å²) in [6, 6.07) is 6.10. The number of carbonyl (C=O) groups excluding carboxylic acids is 1. The minimum absolute atomic E-state index is 0.163. The number of rotatable bonds is 4.